The minimum absolute atomic E-state index is 0. The molecular formula is C16H18BrNO4S. The van der Waals surface area contributed by atoms with E-state index in [0.29, 0.717) is 24.3 Å². The average Bonchev–Trinajstić information content (AvgIpc) is 2.88. The Morgan fingerprint density at radius 2 is 2.26 bits per heavy atom. The minimum Gasteiger partial charge on any atom is -1.00 e. The number of Topliss-reactive ketones (excluding diaryl/α,β-unsaturated/α-hetero) is 1. The molecular weight excluding hydrogens is 382 g/mol. The number of halogens is 1. The number of fused-ring (bicyclic) bond motifs is 1. The molecule has 1 aromatic carbocycles. The molecule has 2 aromatic rings. The molecule has 0 fully saturated rings. The maximum atomic E-state index is 12.5. The van der Waals surface area contributed by atoms with Crippen molar-refractivity contribution in [2.45, 2.75) is 26.3 Å². The third kappa shape index (κ3) is 3.98. The number of rotatable bonds is 5. The summed E-state index contributed by atoms with van der Waals surface area (Å²) in [5, 5.41) is 9.03. The minimum atomic E-state index is 0. The summed E-state index contributed by atoms with van der Waals surface area (Å²) in [5.74, 6) is 0.656. The van der Waals surface area contributed by atoms with Crippen LogP contribution in [0, 0.1) is 6.92 Å². The zero-order chi connectivity index (χ0) is 15.5. The van der Waals surface area contributed by atoms with E-state index >= 15 is 0 Å². The summed E-state index contributed by atoms with van der Waals surface area (Å²) in [6.45, 7) is 2.92. The maximum absolute atomic E-state index is 12.5. The molecule has 7 heteroatoms. The number of hydrogen-bond donors (Lipinski definition) is 1. The predicted octanol–water partition coefficient (Wildman–Crippen LogP) is -1.37. The fourth-order valence-corrected chi connectivity index (χ4v) is 3.45. The highest BCUT2D eigenvalue weighted by Gasteiger charge is 2.21. The van der Waals surface area contributed by atoms with Crippen LogP contribution in [-0.4, -0.2) is 24.1 Å². The topological polar surface area (TPSA) is 59.6 Å². The van der Waals surface area contributed by atoms with Crippen LogP contribution in [0.5, 0.6) is 5.75 Å². The Morgan fingerprint density at radius 3 is 3.04 bits per heavy atom. The van der Waals surface area contributed by atoms with Gasteiger partial charge in [-0.3, -0.25) is 4.79 Å². The SMILES string of the molecule is Cc1c(CCO)sc[n+]1CC(=O)c1ccc2c(c1)OOCC2.[Br-]. The van der Waals surface area contributed by atoms with E-state index in [2.05, 4.69) is 0 Å². The van der Waals surface area contributed by atoms with Crippen LogP contribution in [-0.2, 0) is 24.3 Å². The van der Waals surface area contributed by atoms with Gasteiger partial charge in [0.2, 0.25) is 17.8 Å². The quantitative estimate of drug-likeness (QED) is 0.383. The van der Waals surface area contributed by atoms with E-state index in [0.717, 1.165) is 22.6 Å². The van der Waals surface area contributed by atoms with Crippen LogP contribution >= 0.6 is 11.3 Å². The summed E-state index contributed by atoms with van der Waals surface area (Å²) in [7, 11) is 0. The van der Waals surface area contributed by atoms with Crippen molar-refractivity contribution in [2.24, 2.45) is 0 Å². The smallest absolute Gasteiger partial charge is 0.227 e. The van der Waals surface area contributed by atoms with Gasteiger partial charge in [0, 0.05) is 37.5 Å². The molecule has 1 aromatic heterocycles. The summed E-state index contributed by atoms with van der Waals surface area (Å²) in [4.78, 5) is 23.7. The third-order valence-corrected chi connectivity index (χ3v) is 4.95. The second-order valence-electron chi connectivity index (χ2n) is 5.23. The first-order valence-corrected chi connectivity index (χ1v) is 8.10. The first-order valence-electron chi connectivity index (χ1n) is 7.22. The van der Waals surface area contributed by atoms with Gasteiger partial charge >= 0.3 is 0 Å². The van der Waals surface area contributed by atoms with Crippen LogP contribution in [0.3, 0.4) is 0 Å². The largest absolute Gasteiger partial charge is 1.00 e. The second kappa shape index (κ2) is 8.01. The number of thiazole rings is 1. The highest BCUT2D eigenvalue weighted by molar-refractivity contribution is 7.09. The molecule has 0 radical (unpaired) electrons. The highest BCUT2D eigenvalue weighted by atomic mass is 79.9. The number of hydrogen-bond acceptors (Lipinski definition) is 5. The molecule has 23 heavy (non-hydrogen) atoms. The van der Waals surface area contributed by atoms with Crippen molar-refractivity contribution in [1.82, 2.24) is 0 Å². The Bertz CT molecular complexity index is 701. The van der Waals surface area contributed by atoms with Gasteiger partial charge in [-0.25, -0.2) is 0 Å². The molecule has 0 amide bonds. The van der Waals surface area contributed by atoms with E-state index < -0.39 is 0 Å². The van der Waals surface area contributed by atoms with Crippen molar-refractivity contribution in [2.75, 3.05) is 13.2 Å². The molecule has 1 aliphatic rings. The number of carbonyl (C=O) groups is 1. The highest BCUT2D eigenvalue weighted by Crippen LogP contribution is 2.25. The van der Waals surface area contributed by atoms with E-state index in [4.69, 9.17) is 14.9 Å². The van der Waals surface area contributed by atoms with Gasteiger partial charge in [0.1, 0.15) is 0 Å². The van der Waals surface area contributed by atoms with Gasteiger partial charge in [-0.1, -0.05) is 23.5 Å². The number of aliphatic hydroxyl groups excluding tert-OH is 1. The van der Waals surface area contributed by atoms with E-state index in [-0.39, 0.29) is 35.9 Å². The van der Waals surface area contributed by atoms with Gasteiger partial charge < -0.3 is 27.0 Å². The maximum Gasteiger partial charge on any atom is 0.227 e. The molecule has 3 rings (SSSR count). The van der Waals surface area contributed by atoms with E-state index in [1.165, 1.54) is 0 Å². The molecule has 0 aliphatic carbocycles. The Kier molecular flexibility index (Phi) is 6.29. The monoisotopic (exact) mass is 399 g/mol. The predicted molar refractivity (Wildman–Crippen MR) is 81.1 cm³/mol. The lowest BCUT2D eigenvalue weighted by molar-refractivity contribution is -0.684. The number of carbonyl (C=O) groups excluding carboxylic acids is 1. The van der Waals surface area contributed by atoms with Gasteiger partial charge in [0.05, 0.1) is 11.5 Å². The van der Waals surface area contributed by atoms with Crippen molar-refractivity contribution >= 4 is 17.1 Å². The first kappa shape index (κ1) is 18.1. The van der Waals surface area contributed by atoms with Crippen LogP contribution in [0.2, 0.25) is 0 Å². The number of nitrogens with zero attached hydrogens (tertiary/aromatic N) is 1. The number of benzene rings is 1. The molecule has 124 valence electrons. The van der Waals surface area contributed by atoms with E-state index in [9.17, 15) is 4.79 Å². The van der Waals surface area contributed by atoms with Crippen molar-refractivity contribution < 1.29 is 41.2 Å². The molecule has 5 nitrogen and oxygen atoms in total. The Labute approximate surface area is 149 Å². The van der Waals surface area contributed by atoms with Crippen molar-refractivity contribution in [3.05, 3.63) is 45.4 Å². The lowest BCUT2D eigenvalue weighted by atomic mass is 10.0. The molecule has 0 saturated carbocycles. The van der Waals surface area contributed by atoms with Gasteiger partial charge in [0.15, 0.2) is 11.4 Å². The Hall–Kier alpha value is -1.28. The van der Waals surface area contributed by atoms with Crippen LogP contribution < -0.4 is 26.4 Å². The Morgan fingerprint density at radius 1 is 1.43 bits per heavy atom. The second-order valence-corrected chi connectivity index (χ2v) is 6.17. The van der Waals surface area contributed by atoms with Crippen LogP contribution in [0.4, 0.5) is 0 Å². The summed E-state index contributed by atoms with van der Waals surface area (Å²) in [6.07, 6.45) is 1.43. The van der Waals surface area contributed by atoms with Crippen LogP contribution in [0.15, 0.2) is 23.7 Å². The average molecular weight is 400 g/mol. The van der Waals surface area contributed by atoms with Gasteiger partial charge in [-0.15, -0.1) is 0 Å². The van der Waals surface area contributed by atoms with Gasteiger partial charge in [-0.2, -0.15) is 9.45 Å². The fraction of sp³-hybridized carbons (Fsp3) is 0.375. The van der Waals surface area contributed by atoms with Crippen molar-refractivity contribution in [3.63, 3.8) is 0 Å². The molecule has 0 unspecified atom stereocenters. The molecule has 2 heterocycles. The molecule has 1 N–H and O–H groups in total. The normalized spacial score (nSPS) is 13.0. The lowest BCUT2D eigenvalue weighted by Crippen LogP contribution is -3.00. The van der Waals surface area contributed by atoms with Gasteiger partial charge in [0.25, 0.3) is 0 Å². The van der Waals surface area contributed by atoms with Crippen molar-refractivity contribution in [3.8, 4) is 5.75 Å². The third-order valence-electron chi connectivity index (χ3n) is 3.80. The summed E-state index contributed by atoms with van der Waals surface area (Å²) >= 11 is 1.57. The van der Waals surface area contributed by atoms with Crippen LogP contribution in [0.1, 0.15) is 26.5 Å². The summed E-state index contributed by atoms with van der Waals surface area (Å²) < 4.78 is 1.93. The number of aliphatic hydroxyl groups is 1. The van der Waals surface area contributed by atoms with Crippen molar-refractivity contribution in [1.29, 1.82) is 0 Å². The zero-order valence-electron chi connectivity index (χ0n) is 12.8. The summed E-state index contributed by atoms with van der Waals surface area (Å²) in [5.41, 5.74) is 4.64. The molecule has 0 bridgehead atoms. The number of ketones is 1. The first-order chi connectivity index (χ1) is 10.7. The molecule has 0 atom stereocenters. The Balaban J connectivity index is 0.00000192. The standard InChI is InChI=1S/C16H18NO4S.BrH/c1-11-16(4-6-18)22-10-17(11)9-14(19)13-3-2-12-5-7-20-21-15(12)8-13;/h2-3,8,10,18H,4-7,9H2,1H3;1H/q+1;/p-1. The number of aromatic nitrogens is 1. The fourth-order valence-electron chi connectivity index (χ4n) is 2.46. The molecule has 0 saturated heterocycles. The zero-order valence-corrected chi connectivity index (χ0v) is 15.2. The lowest BCUT2D eigenvalue weighted by Gasteiger charge is -2.15. The molecule has 0 spiro atoms. The van der Waals surface area contributed by atoms with Crippen LogP contribution in [0.25, 0.3) is 0 Å². The van der Waals surface area contributed by atoms with Gasteiger partial charge in [-0.05, 0) is 6.07 Å². The molecule has 1 aliphatic heterocycles. The van der Waals surface area contributed by atoms with E-state index in [1.807, 2.05) is 29.1 Å². The van der Waals surface area contributed by atoms with E-state index in [1.54, 1.807) is 17.4 Å². The summed E-state index contributed by atoms with van der Waals surface area (Å²) in [6, 6.07) is 5.51.